The van der Waals surface area contributed by atoms with Gasteiger partial charge in [-0.1, -0.05) is 23.5 Å². The van der Waals surface area contributed by atoms with E-state index in [4.69, 9.17) is 4.98 Å². The molecule has 0 fully saturated rings. The number of aryl methyl sites for hydroxylation is 1. The molecular formula is C18H21BrClN3OS2. The number of thiophene rings is 1. The normalized spacial score (nSPS) is 11.0. The quantitative estimate of drug-likeness (QED) is 0.477. The van der Waals surface area contributed by atoms with Crippen LogP contribution in [0.5, 0.6) is 0 Å². The molecule has 8 heteroatoms. The lowest BCUT2D eigenvalue weighted by atomic mass is 10.2. The highest BCUT2D eigenvalue weighted by atomic mass is 79.9. The van der Waals surface area contributed by atoms with E-state index >= 15 is 0 Å². The van der Waals surface area contributed by atoms with E-state index in [0.29, 0.717) is 6.54 Å². The van der Waals surface area contributed by atoms with Crippen LogP contribution in [0.25, 0.3) is 10.2 Å². The van der Waals surface area contributed by atoms with Gasteiger partial charge in [-0.3, -0.25) is 9.69 Å². The zero-order valence-corrected chi connectivity index (χ0v) is 18.9. The summed E-state index contributed by atoms with van der Waals surface area (Å²) in [6.45, 7) is 3.65. The molecule has 0 unspecified atom stereocenters. The Morgan fingerprint density at radius 1 is 1.15 bits per heavy atom. The Morgan fingerprint density at radius 3 is 2.54 bits per heavy atom. The van der Waals surface area contributed by atoms with Gasteiger partial charge in [0.25, 0.3) is 5.91 Å². The summed E-state index contributed by atoms with van der Waals surface area (Å²) < 4.78 is 2.08. The van der Waals surface area contributed by atoms with E-state index in [1.165, 1.54) is 11.3 Å². The predicted octanol–water partition coefficient (Wildman–Crippen LogP) is 5.45. The third-order valence-electron chi connectivity index (χ3n) is 3.86. The Labute approximate surface area is 176 Å². The third-order valence-corrected chi connectivity index (χ3v) is 6.51. The molecule has 0 aliphatic carbocycles. The van der Waals surface area contributed by atoms with Crippen molar-refractivity contribution in [1.82, 2.24) is 9.88 Å². The molecule has 0 aliphatic heterocycles. The topological polar surface area (TPSA) is 36.4 Å². The summed E-state index contributed by atoms with van der Waals surface area (Å²) in [5, 5.41) is 0.776. The highest BCUT2D eigenvalue weighted by Gasteiger charge is 2.22. The van der Waals surface area contributed by atoms with Crippen LogP contribution in [0.2, 0.25) is 0 Å². The van der Waals surface area contributed by atoms with Gasteiger partial charge in [0.1, 0.15) is 0 Å². The Bertz CT molecular complexity index is 894. The molecule has 4 nitrogen and oxygen atoms in total. The average molecular weight is 475 g/mol. The fourth-order valence-corrected chi connectivity index (χ4v) is 4.98. The number of aromatic nitrogens is 1. The maximum atomic E-state index is 13.1. The number of amides is 1. The van der Waals surface area contributed by atoms with E-state index in [0.717, 1.165) is 42.5 Å². The van der Waals surface area contributed by atoms with E-state index in [2.05, 4.69) is 39.9 Å². The first kappa shape index (κ1) is 21.3. The van der Waals surface area contributed by atoms with Crippen LogP contribution in [0, 0.1) is 6.92 Å². The lowest BCUT2D eigenvalue weighted by Gasteiger charge is -2.20. The number of hydrogen-bond donors (Lipinski definition) is 0. The van der Waals surface area contributed by atoms with Gasteiger partial charge in [0.05, 0.1) is 18.9 Å². The van der Waals surface area contributed by atoms with Crippen molar-refractivity contribution in [3.05, 3.63) is 44.6 Å². The number of rotatable bonds is 6. The lowest BCUT2D eigenvalue weighted by molar-refractivity contribution is 0.0990. The number of fused-ring (bicyclic) bond motifs is 1. The first-order valence-electron chi connectivity index (χ1n) is 8.04. The second kappa shape index (κ2) is 9.28. The van der Waals surface area contributed by atoms with Gasteiger partial charge in [-0.25, -0.2) is 4.98 Å². The molecule has 0 N–H and O–H groups in total. The summed E-state index contributed by atoms with van der Waals surface area (Å²) >= 11 is 6.49. The van der Waals surface area contributed by atoms with Gasteiger partial charge >= 0.3 is 0 Å². The number of carbonyl (C=O) groups excluding carboxylic acids is 1. The summed E-state index contributed by atoms with van der Waals surface area (Å²) in [7, 11) is 4.09. The van der Waals surface area contributed by atoms with Crippen molar-refractivity contribution in [2.45, 2.75) is 13.3 Å². The van der Waals surface area contributed by atoms with Crippen LogP contribution < -0.4 is 4.90 Å². The first-order valence-corrected chi connectivity index (χ1v) is 10.5. The molecule has 140 valence electrons. The van der Waals surface area contributed by atoms with Crippen molar-refractivity contribution in [3.8, 4) is 0 Å². The van der Waals surface area contributed by atoms with Gasteiger partial charge < -0.3 is 4.90 Å². The summed E-state index contributed by atoms with van der Waals surface area (Å²) in [6, 6.07) is 9.94. The van der Waals surface area contributed by atoms with E-state index in [1.807, 2.05) is 37.2 Å². The van der Waals surface area contributed by atoms with Crippen LogP contribution in [0.1, 0.15) is 21.7 Å². The monoisotopic (exact) mass is 473 g/mol. The number of hydrogen-bond acceptors (Lipinski definition) is 5. The molecule has 1 aromatic carbocycles. The van der Waals surface area contributed by atoms with E-state index in [-0.39, 0.29) is 18.3 Å². The van der Waals surface area contributed by atoms with Crippen LogP contribution in [0.4, 0.5) is 5.13 Å². The number of nitrogens with zero attached hydrogens (tertiary/aromatic N) is 3. The maximum absolute atomic E-state index is 13.1. The number of halogens is 2. The maximum Gasteiger partial charge on any atom is 0.270 e. The van der Waals surface area contributed by atoms with Gasteiger partial charge in [-0.2, -0.15) is 0 Å². The highest BCUT2D eigenvalue weighted by Crippen LogP contribution is 2.32. The molecule has 26 heavy (non-hydrogen) atoms. The molecule has 3 rings (SSSR count). The summed E-state index contributed by atoms with van der Waals surface area (Å²) in [5.41, 5.74) is 2.12. The molecule has 0 saturated carbocycles. The molecule has 0 aliphatic rings. The molecular weight excluding hydrogens is 454 g/mol. The zero-order valence-electron chi connectivity index (χ0n) is 14.9. The molecule has 0 spiro atoms. The number of para-hydroxylation sites is 1. The Kier molecular flexibility index (Phi) is 7.61. The second-order valence-corrected chi connectivity index (χ2v) is 9.61. The minimum Gasteiger partial charge on any atom is -0.309 e. The Hall–Kier alpha value is -0.990. The van der Waals surface area contributed by atoms with Gasteiger partial charge in [0.2, 0.25) is 0 Å². The van der Waals surface area contributed by atoms with Gasteiger partial charge in [0.15, 0.2) is 5.13 Å². The smallest absolute Gasteiger partial charge is 0.270 e. The van der Waals surface area contributed by atoms with Crippen molar-refractivity contribution >= 4 is 72.3 Å². The SMILES string of the molecule is Cc1cccc2sc(N(CCCN(C)C)C(=O)c3ccc(Br)s3)nc12.Cl. The van der Waals surface area contributed by atoms with Crippen LogP contribution in [-0.4, -0.2) is 43.0 Å². The number of carbonyl (C=O) groups is 1. The predicted molar refractivity (Wildman–Crippen MR) is 118 cm³/mol. The fourth-order valence-electron chi connectivity index (χ4n) is 2.58. The first-order chi connectivity index (χ1) is 12.0. The minimum atomic E-state index is 0. The molecule has 2 heterocycles. The van der Waals surface area contributed by atoms with Crippen LogP contribution >= 0.6 is 51.0 Å². The molecule has 3 aromatic rings. The summed E-state index contributed by atoms with van der Waals surface area (Å²) in [6.07, 6.45) is 0.903. The highest BCUT2D eigenvalue weighted by molar-refractivity contribution is 9.11. The summed E-state index contributed by atoms with van der Waals surface area (Å²) in [5.74, 6) is 0.0196. The van der Waals surface area contributed by atoms with Crippen molar-refractivity contribution in [2.75, 3.05) is 32.1 Å². The van der Waals surface area contributed by atoms with Crippen molar-refractivity contribution in [2.24, 2.45) is 0 Å². The Morgan fingerprint density at radius 2 is 1.92 bits per heavy atom. The molecule has 2 aromatic heterocycles. The number of thiazole rings is 1. The molecule has 0 saturated heterocycles. The standard InChI is InChI=1S/C18H20BrN3OS2.ClH/c1-12-6-4-7-13-16(12)20-18(25-13)22(11-5-10-21(2)3)17(23)14-8-9-15(19)24-14;/h4,6-9H,5,10-11H2,1-3H3;1H. The van der Waals surface area contributed by atoms with E-state index in [1.54, 1.807) is 11.3 Å². The largest absolute Gasteiger partial charge is 0.309 e. The molecule has 0 bridgehead atoms. The molecule has 0 atom stereocenters. The van der Waals surface area contributed by atoms with Gasteiger partial charge in [0, 0.05) is 6.54 Å². The molecule has 0 radical (unpaired) electrons. The van der Waals surface area contributed by atoms with E-state index < -0.39 is 0 Å². The Balaban J connectivity index is 0.00000243. The average Bonchev–Trinajstić information content (AvgIpc) is 3.18. The van der Waals surface area contributed by atoms with Crippen LogP contribution in [0.3, 0.4) is 0 Å². The van der Waals surface area contributed by atoms with Gasteiger partial charge in [-0.15, -0.1) is 23.7 Å². The van der Waals surface area contributed by atoms with Gasteiger partial charge in [-0.05, 0) is 73.7 Å². The second-order valence-electron chi connectivity index (χ2n) is 6.14. The molecule has 1 amide bonds. The summed E-state index contributed by atoms with van der Waals surface area (Å²) in [4.78, 5) is 22.5. The number of benzene rings is 1. The van der Waals surface area contributed by atoms with Crippen LogP contribution in [0.15, 0.2) is 34.1 Å². The van der Waals surface area contributed by atoms with Crippen molar-refractivity contribution in [1.29, 1.82) is 0 Å². The number of anilines is 1. The zero-order chi connectivity index (χ0) is 18.0. The van der Waals surface area contributed by atoms with Crippen LogP contribution in [-0.2, 0) is 0 Å². The van der Waals surface area contributed by atoms with Crippen molar-refractivity contribution in [3.63, 3.8) is 0 Å². The van der Waals surface area contributed by atoms with Crippen molar-refractivity contribution < 1.29 is 4.79 Å². The minimum absolute atomic E-state index is 0. The third kappa shape index (κ3) is 4.84. The van der Waals surface area contributed by atoms with E-state index in [9.17, 15) is 4.79 Å². The fraction of sp³-hybridized carbons (Fsp3) is 0.333. The lowest BCUT2D eigenvalue weighted by Crippen LogP contribution is -2.32.